The van der Waals surface area contributed by atoms with Crippen molar-refractivity contribution in [1.29, 1.82) is 5.26 Å². The third-order valence-corrected chi connectivity index (χ3v) is 1.81. The lowest BCUT2D eigenvalue weighted by Crippen LogP contribution is -2.12. The Labute approximate surface area is 85.6 Å². The minimum atomic E-state index is -0.777. The van der Waals surface area contributed by atoms with Crippen LogP contribution in [0.1, 0.15) is 5.56 Å². The Balaban J connectivity index is 3.15. The van der Waals surface area contributed by atoms with Gasteiger partial charge in [-0.15, -0.1) is 0 Å². The summed E-state index contributed by atoms with van der Waals surface area (Å²) in [7, 11) is 0. The van der Waals surface area contributed by atoms with Crippen molar-refractivity contribution in [2.75, 3.05) is 0 Å². The highest BCUT2D eigenvalue weighted by molar-refractivity contribution is 6.32. The molecule has 2 N–H and O–H groups in total. The molecule has 0 spiro atoms. The fraction of sp³-hybridized carbons (Fsp3) is 0. The van der Waals surface area contributed by atoms with Crippen LogP contribution in [-0.2, 0) is 4.79 Å². The number of nitriles is 1. The Morgan fingerprint density at radius 2 is 2.43 bits per heavy atom. The molecule has 70 valence electrons. The highest BCUT2D eigenvalue weighted by Gasteiger charge is 2.04. The molecule has 14 heavy (non-hydrogen) atoms. The number of halogens is 1. The van der Waals surface area contributed by atoms with Crippen molar-refractivity contribution in [2.45, 2.75) is 0 Å². The molecule has 0 aliphatic heterocycles. The lowest BCUT2D eigenvalue weighted by Gasteiger charge is -1.96. The van der Waals surface area contributed by atoms with Crippen molar-refractivity contribution >= 4 is 23.6 Å². The number of pyridine rings is 1. The minimum absolute atomic E-state index is 0.141. The number of rotatable bonds is 2. The molecule has 0 bridgehead atoms. The molecule has 1 aromatic rings. The average Bonchev–Trinajstić information content (AvgIpc) is 2.16. The molecule has 1 amide bonds. The van der Waals surface area contributed by atoms with Crippen LogP contribution < -0.4 is 5.73 Å². The number of carbonyl (C=O) groups excluding carboxylic acids is 1. The number of nitrogens with zero attached hydrogens (tertiary/aromatic N) is 2. The first kappa shape index (κ1) is 10.2. The van der Waals surface area contributed by atoms with E-state index in [2.05, 4.69) is 4.98 Å². The van der Waals surface area contributed by atoms with Crippen molar-refractivity contribution < 1.29 is 4.79 Å². The molecular weight excluding hydrogens is 202 g/mol. The molecule has 0 unspecified atom stereocenters. The predicted octanol–water partition coefficient (Wildman–Crippen LogP) is 1.13. The molecule has 0 saturated heterocycles. The molecule has 5 heteroatoms. The van der Waals surface area contributed by atoms with Crippen LogP contribution in [0.3, 0.4) is 0 Å². The van der Waals surface area contributed by atoms with Crippen LogP contribution in [-0.4, -0.2) is 10.9 Å². The van der Waals surface area contributed by atoms with Gasteiger partial charge in [-0.3, -0.25) is 9.78 Å². The highest BCUT2D eigenvalue weighted by Crippen LogP contribution is 2.16. The maximum atomic E-state index is 10.7. The molecule has 1 rings (SSSR count). The van der Waals surface area contributed by atoms with Crippen LogP contribution in [0.5, 0.6) is 0 Å². The smallest absolute Gasteiger partial charge is 0.259 e. The second-order valence-corrected chi connectivity index (χ2v) is 2.84. The standard InChI is InChI=1S/C9H6ClN3O/c10-8-5-13-2-1-6(8)3-7(4-11)9(12)14/h1-3,5H,(H2,12,14)/b7-3+. The lowest BCUT2D eigenvalue weighted by molar-refractivity contribution is -0.114. The summed E-state index contributed by atoms with van der Waals surface area (Å²) in [6.45, 7) is 0. The van der Waals surface area contributed by atoms with Crippen molar-refractivity contribution in [3.63, 3.8) is 0 Å². The fourth-order valence-electron chi connectivity index (χ4n) is 0.817. The van der Waals surface area contributed by atoms with E-state index in [-0.39, 0.29) is 5.57 Å². The fourth-order valence-corrected chi connectivity index (χ4v) is 0.991. The van der Waals surface area contributed by atoms with E-state index in [1.807, 2.05) is 0 Å². The quantitative estimate of drug-likeness (QED) is 0.583. The van der Waals surface area contributed by atoms with E-state index in [0.29, 0.717) is 10.6 Å². The largest absolute Gasteiger partial charge is 0.365 e. The zero-order valence-corrected chi connectivity index (χ0v) is 7.82. The first-order chi connectivity index (χ1) is 6.65. The van der Waals surface area contributed by atoms with Crippen molar-refractivity contribution in [2.24, 2.45) is 5.73 Å². The monoisotopic (exact) mass is 207 g/mol. The normalized spacial score (nSPS) is 10.7. The van der Waals surface area contributed by atoms with E-state index >= 15 is 0 Å². The van der Waals surface area contributed by atoms with Gasteiger partial charge in [0.05, 0.1) is 5.02 Å². The molecule has 0 saturated carbocycles. The molecule has 1 heterocycles. The molecule has 1 aromatic heterocycles. The summed E-state index contributed by atoms with van der Waals surface area (Å²) in [5.74, 6) is -0.777. The van der Waals surface area contributed by atoms with Crippen LogP contribution in [0.4, 0.5) is 0 Å². The van der Waals surface area contributed by atoms with Crippen LogP contribution >= 0.6 is 11.6 Å². The third-order valence-electron chi connectivity index (χ3n) is 1.49. The van der Waals surface area contributed by atoms with E-state index in [0.717, 1.165) is 0 Å². The van der Waals surface area contributed by atoms with Gasteiger partial charge in [0.2, 0.25) is 0 Å². The SMILES string of the molecule is N#C/C(=C\c1ccncc1Cl)C(N)=O. The minimum Gasteiger partial charge on any atom is -0.365 e. The maximum absolute atomic E-state index is 10.7. The van der Waals surface area contributed by atoms with Gasteiger partial charge in [-0.25, -0.2) is 0 Å². The Hall–Kier alpha value is -1.86. The molecule has 0 aliphatic carbocycles. The number of carbonyl (C=O) groups is 1. The first-order valence-electron chi connectivity index (χ1n) is 3.66. The summed E-state index contributed by atoms with van der Waals surface area (Å²) >= 11 is 5.76. The Kier molecular flexibility index (Phi) is 3.21. The molecular formula is C9H6ClN3O. The van der Waals surface area contributed by atoms with Gasteiger partial charge in [0.25, 0.3) is 5.91 Å². The van der Waals surface area contributed by atoms with E-state index in [4.69, 9.17) is 22.6 Å². The van der Waals surface area contributed by atoms with E-state index in [1.54, 1.807) is 12.1 Å². The van der Waals surface area contributed by atoms with Gasteiger partial charge in [-0.1, -0.05) is 11.6 Å². The summed E-state index contributed by atoms with van der Waals surface area (Å²) in [4.78, 5) is 14.5. The highest BCUT2D eigenvalue weighted by atomic mass is 35.5. The van der Waals surface area contributed by atoms with E-state index < -0.39 is 5.91 Å². The number of hydrogen-bond acceptors (Lipinski definition) is 3. The van der Waals surface area contributed by atoms with Gasteiger partial charge in [0.1, 0.15) is 11.6 Å². The molecule has 0 radical (unpaired) electrons. The number of aromatic nitrogens is 1. The summed E-state index contributed by atoms with van der Waals surface area (Å²) in [6, 6.07) is 3.27. The summed E-state index contributed by atoms with van der Waals surface area (Å²) in [6.07, 6.45) is 4.25. The Morgan fingerprint density at radius 3 is 2.93 bits per heavy atom. The number of amides is 1. The number of primary amides is 1. The van der Waals surface area contributed by atoms with Crippen LogP contribution in [0, 0.1) is 11.3 Å². The summed E-state index contributed by atoms with van der Waals surface area (Å²) in [5, 5.41) is 8.93. The zero-order chi connectivity index (χ0) is 10.6. The van der Waals surface area contributed by atoms with Gasteiger partial charge >= 0.3 is 0 Å². The van der Waals surface area contributed by atoms with Crippen LogP contribution in [0.15, 0.2) is 24.0 Å². The summed E-state index contributed by atoms with van der Waals surface area (Å²) in [5.41, 5.74) is 5.35. The zero-order valence-electron chi connectivity index (χ0n) is 7.07. The van der Waals surface area contributed by atoms with Gasteiger partial charge < -0.3 is 5.73 Å². The maximum Gasteiger partial charge on any atom is 0.259 e. The topological polar surface area (TPSA) is 79.8 Å². The number of nitrogens with two attached hydrogens (primary N) is 1. The van der Waals surface area contributed by atoms with Crippen molar-refractivity contribution in [1.82, 2.24) is 4.98 Å². The number of hydrogen-bond donors (Lipinski definition) is 1. The Morgan fingerprint density at radius 1 is 1.71 bits per heavy atom. The lowest BCUT2D eigenvalue weighted by atomic mass is 10.1. The predicted molar refractivity (Wildman–Crippen MR) is 52.0 cm³/mol. The van der Waals surface area contributed by atoms with Gasteiger partial charge in [-0.05, 0) is 17.7 Å². The second-order valence-electron chi connectivity index (χ2n) is 2.43. The van der Waals surface area contributed by atoms with Crippen molar-refractivity contribution in [3.8, 4) is 6.07 Å². The third kappa shape index (κ3) is 2.31. The first-order valence-corrected chi connectivity index (χ1v) is 4.04. The van der Waals surface area contributed by atoms with Gasteiger partial charge in [0.15, 0.2) is 0 Å². The molecule has 0 atom stereocenters. The molecule has 0 aliphatic rings. The van der Waals surface area contributed by atoms with Gasteiger partial charge in [-0.2, -0.15) is 5.26 Å². The van der Waals surface area contributed by atoms with Gasteiger partial charge in [0, 0.05) is 12.4 Å². The second kappa shape index (κ2) is 4.40. The Bertz CT molecular complexity index is 434. The van der Waals surface area contributed by atoms with E-state index in [9.17, 15) is 4.79 Å². The van der Waals surface area contributed by atoms with Crippen LogP contribution in [0.25, 0.3) is 6.08 Å². The molecule has 0 fully saturated rings. The molecule has 0 aromatic carbocycles. The summed E-state index contributed by atoms with van der Waals surface area (Å²) < 4.78 is 0. The molecule has 4 nitrogen and oxygen atoms in total. The average molecular weight is 208 g/mol. The van der Waals surface area contributed by atoms with E-state index in [1.165, 1.54) is 18.5 Å². The van der Waals surface area contributed by atoms with Crippen molar-refractivity contribution in [3.05, 3.63) is 34.6 Å². The van der Waals surface area contributed by atoms with Crippen LogP contribution in [0.2, 0.25) is 5.02 Å².